The van der Waals surface area contributed by atoms with Gasteiger partial charge in [0.1, 0.15) is 0 Å². The van der Waals surface area contributed by atoms with Gasteiger partial charge in [0, 0.05) is 12.1 Å². The van der Waals surface area contributed by atoms with Crippen molar-refractivity contribution in [1.29, 1.82) is 0 Å². The first-order valence-electron chi connectivity index (χ1n) is 4.15. The molecule has 16 heavy (non-hydrogen) atoms. The number of benzene rings is 1. The third-order valence-electron chi connectivity index (χ3n) is 1.83. The van der Waals surface area contributed by atoms with E-state index in [4.69, 9.17) is 5.53 Å². The van der Waals surface area contributed by atoms with Gasteiger partial charge in [-0.25, -0.2) is 4.79 Å². The Morgan fingerprint density at radius 2 is 2.00 bits per heavy atom. The van der Waals surface area contributed by atoms with E-state index >= 15 is 0 Å². The summed E-state index contributed by atoms with van der Waals surface area (Å²) in [5.41, 5.74) is 8.42. The predicted octanol–water partition coefficient (Wildman–Crippen LogP) is 0.787. The van der Waals surface area contributed by atoms with E-state index in [2.05, 4.69) is 9.53 Å². The summed E-state index contributed by atoms with van der Waals surface area (Å²) in [4.78, 5) is 23.7. The quantitative estimate of drug-likeness (QED) is 0.188. The van der Waals surface area contributed by atoms with Gasteiger partial charge in [0.2, 0.25) is 0 Å². The Morgan fingerprint density at radius 3 is 2.38 bits per heavy atom. The van der Waals surface area contributed by atoms with Gasteiger partial charge >= 0.3 is 11.7 Å². The van der Waals surface area contributed by atoms with Crippen molar-refractivity contribution in [3.8, 4) is 0 Å². The highest BCUT2D eigenvalue weighted by molar-refractivity contribution is 6.40. The van der Waals surface area contributed by atoms with Crippen LogP contribution in [0.15, 0.2) is 24.3 Å². The predicted molar refractivity (Wildman–Crippen MR) is 52.8 cm³/mol. The van der Waals surface area contributed by atoms with E-state index in [0.717, 1.165) is 7.11 Å². The van der Waals surface area contributed by atoms with Crippen LogP contribution in [0.1, 0.15) is 5.56 Å². The highest BCUT2D eigenvalue weighted by Crippen LogP contribution is 2.12. The SMILES string of the molecule is COC(=O)C(=[N+]=[N-])c1ccc([N+](=O)[O-])cc1. The first-order valence-corrected chi connectivity index (χ1v) is 4.15. The van der Waals surface area contributed by atoms with Gasteiger partial charge in [0.25, 0.3) is 5.69 Å². The molecule has 1 rings (SSSR count). The van der Waals surface area contributed by atoms with E-state index in [-0.39, 0.29) is 17.0 Å². The molecule has 0 N–H and O–H groups in total. The number of ether oxygens (including phenoxy) is 1. The van der Waals surface area contributed by atoms with Gasteiger partial charge in [0.05, 0.1) is 17.6 Å². The van der Waals surface area contributed by atoms with Crippen LogP contribution in [0.25, 0.3) is 5.53 Å². The normalized spacial score (nSPS) is 9.06. The molecular weight excluding hydrogens is 214 g/mol. The molecule has 7 nitrogen and oxygen atoms in total. The first-order chi connectivity index (χ1) is 7.60. The number of hydrogen-bond donors (Lipinski definition) is 0. The number of non-ortho nitro benzene ring substituents is 1. The second-order valence-electron chi connectivity index (χ2n) is 2.74. The molecule has 0 atom stereocenters. The Morgan fingerprint density at radius 1 is 1.44 bits per heavy atom. The maximum Gasteiger partial charge on any atom is 0.422 e. The van der Waals surface area contributed by atoms with E-state index in [1.165, 1.54) is 24.3 Å². The molecular formula is C9H7N3O4. The molecule has 0 aliphatic rings. The summed E-state index contributed by atoms with van der Waals surface area (Å²) in [6.45, 7) is 0. The fourth-order valence-corrected chi connectivity index (χ4v) is 1.05. The molecule has 1 aromatic rings. The van der Waals surface area contributed by atoms with Crippen LogP contribution in [0.4, 0.5) is 5.69 Å². The van der Waals surface area contributed by atoms with E-state index in [1.807, 2.05) is 0 Å². The third kappa shape index (κ3) is 2.28. The number of carbonyl (C=O) groups excluding carboxylic acids is 1. The van der Waals surface area contributed by atoms with Crippen LogP contribution in [-0.4, -0.2) is 28.5 Å². The molecule has 0 spiro atoms. The molecule has 0 amide bonds. The summed E-state index contributed by atoms with van der Waals surface area (Å²) < 4.78 is 4.37. The van der Waals surface area contributed by atoms with Crippen molar-refractivity contribution in [3.63, 3.8) is 0 Å². The topological polar surface area (TPSA) is 106 Å². The molecule has 0 fully saturated rings. The van der Waals surface area contributed by atoms with Crippen molar-refractivity contribution >= 4 is 17.4 Å². The largest absolute Gasteiger partial charge is 0.460 e. The summed E-state index contributed by atoms with van der Waals surface area (Å²) in [6, 6.07) is 4.99. The van der Waals surface area contributed by atoms with Gasteiger partial charge in [-0.2, -0.15) is 4.79 Å². The molecule has 0 aliphatic carbocycles. The number of esters is 1. The molecule has 0 aromatic heterocycles. The minimum Gasteiger partial charge on any atom is -0.460 e. The average molecular weight is 221 g/mol. The van der Waals surface area contributed by atoms with E-state index in [0.29, 0.717) is 0 Å². The summed E-state index contributed by atoms with van der Waals surface area (Å²) in [5.74, 6) is -0.823. The number of nitro benzene ring substituents is 1. The number of nitrogens with zero attached hydrogens (tertiary/aromatic N) is 3. The van der Waals surface area contributed by atoms with Crippen LogP contribution in [0.2, 0.25) is 0 Å². The van der Waals surface area contributed by atoms with Crippen molar-refractivity contribution in [3.05, 3.63) is 45.5 Å². The number of methoxy groups -OCH3 is 1. The Balaban J connectivity index is 3.10. The number of nitro groups is 1. The molecule has 0 saturated heterocycles. The van der Waals surface area contributed by atoms with Gasteiger partial charge in [-0.05, 0) is 12.1 Å². The van der Waals surface area contributed by atoms with E-state index < -0.39 is 10.9 Å². The first kappa shape index (κ1) is 11.5. The van der Waals surface area contributed by atoms with Gasteiger partial charge < -0.3 is 10.3 Å². The van der Waals surface area contributed by atoms with E-state index in [1.54, 1.807) is 0 Å². The lowest BCUT2D eigenvalue weighted by Gasteiger charge is -1.95. The lowest BCUT2D eigenvalue weighted by atomic mass is 10.1. The van der Waals surface area contributed by atoms with Gasteiger partial charge in [0.15, 0.2) is 0 Å². The molecule has 7 heteroatoms. The fraction of sp³-hybridized carbons (Fsp3) is 0.111. The van der Waals surface area contributed by atoms with Crippen molar-refractivity contribution < 1.29 is 19.2 Å². The monoisotopic (exact) mass is 221 g/mol. The smallest absolute Gasteiger partial charge is 0.422 e. The lowest BCUT2D eigenvalue weighted by Crippen LogP contribution is -2.18. The summed E-state index contributed by atoms with van der Waals surface area (Å²) >= 11 is 0. The zero-order chi connectivity index (χ0) is 12.1. The van der Waals surface area contributed by atoms with Gasteiger partial charge in [-0.15, -0.1) is 0 Å². The minimum absolute atomic E-state index is 0.120. The Kier molecular flexibility index (Phi) is 3.47. The summed E-state index contributed by atoms with van der Waals surface area (Å²) in [5, 5.41) is 10.4. The molecule has 82 valence electrons. The van der Waals surface area contributed by atoms with Crippen LogP contribution >= 0.6 is 0 Å². The standard InChI is InChI=1S/C9H7N3O4/c1-16-9(13)8(11-10)6-2-4-7(5-3-6)12(14)15/h2-5H,1H3. The Labute approximate surface area is 90.0 Å². The fourth-order valence-electron chi connectivity index (χ4n) is 1.05. The third-order valence-corrected chi connectivity index (χ3v) is 1.83. The maximum absolute atomic E-state index is 11.1. The minimum atomic E-state index is -0.823. The molecule has 0 aliphatic heterocycles. The molecule has 0 unspecified atom stereocenters. The molecule has 0 bridgehead atoms. The maximum atomic E-state index is 11.1. The Hall–Kier alpha value is -2.53. The van der Waals surface area contributed by atoms with Crippen molar-refractivity contribution in [2.45, 2.75) is 0 Å². The zero-order valence-electron chi connectivity index (χ0n) is 8.28. The van der Waals surface area contributed by atoms with Gasteiger partial charge in [-0.3, -0.25) is 10.1 Å². The summed E-state index contributed by atoms with van der Waals surface area (Å²) in [6.07, 6.45) is 0. The van der Waals surface area contributed by atoms with Crippen LogP contribution in [0, 0.1) is 10.1 Å². The highest BCUT2D eigenvalue weighted by Gasteiger charge is 2.23. The van der Waals surface area contributed by atoms with Crippen LogP contribution in [0.5, 0.6) is 0 Å². The molecule has 0 radical (unpaired) electrons. The number of hydrogen-bond acceptors (Lipinski definition) is 4. The van der Waals surface area contributed by atoms with Crippen LogP contribution in [0.3, 0.4) is 0 Å². The zero-order valence-corrected chi connectivity index (χ0v) is 8.28. The molecule has 1 aromatic carbocycles. The number of carbonyl (C=O) groups is 1. The van der Waals surface area contributed by atoms with Crippen molar-refractivity contribution in [2.75, 3.05) is 7.11 Å². The lowest BCUT2D eigenvalue weighted by molar-refractivity contribution is -0.384. The van der Waals surface area contributed by atoms with Crippen LogP contribution in [-0.2, 0) is 9.53 Å². The van der Waals surface area contributed by atoms with E-state index in [9.17, 15) is 14.9 Å². The average Bonchev–Trinajstić information content (AvgIpc) is 2.30. The van der Waals surface area contributed by atoms with Crippen molar-refractivity contribution in [1.82, 2.24) is 0 Å². The number of rotatable bonds is 3. The van der Waals surface area contributed by atoms with Gasteiger partial charge in [-0.1, -0.05) is 0 Å². The summed E-state index contributed by atoms with van der Waals surface area (Å²) in [7, 11) is 1.14. The second kappa shape index (κ2) is 4.81. The Bertz CT molecular complexity index is 474. The van der Waals surface area contributed by atoms with Crippen molar-refractivity contribution in [2.24, 2.45) is 0 Å². The molecule has 0 heterocycles. The highest BCUT2D eigenvalue weighted by atomic mass is 16.6. The second-order valence-corrected chi connectivity index (χ2v) is 2.74. The molecule has 0 saturated carbocycles. The van der Waals surface area contributed by atoms with Crippen LogP contribution < -0.4 is 0 Å².